The van der Waals surface area contributed by atoms with Crippen LogP contribution in [0.2, 0.25) is 0 Å². The minimum atomic E-state index is 0.586. The summed E-state index contributed by atoms with van der Waals surface area (Å²) in [6.45, 7) is 4.32. The average molecular weight is 287 g/mol. The van der Waals surface area contributed by atoms with Crippen LogP contribution in [0.4, 0.5) is 0 Å². The minimum Gasteiger partial charge on any atom is -0.493 e. The van der Waals surface area contributed by atoms with Gasteiger partial charge in [0.05, 0.1) is 13.2 Å². The van der Waals surface area contributed by atoms with Crippen molar-refractivity contribution in [2.45, 2.75) is 26.3 Å². The van der Waals surface area contributed by atoms with Crippen LogP contribution in [0, 0.1) is 12.8 Å². The normalized spacial score (nSPS) is 18.1. The molecule has 1 atom stereocenters. The van der Waals surface area contributed by atoms with Gasteiger partial charge in [0.15, 0.2) is 5.82 Å². The molecule has 0 spiro atoms. The van der Waals surface area contributed by atoms with Crippen molar-refractivity contribution in [3.63, 3.8) is 0 Å². The van der Waals surface area contributed by atoms with Crippen LogP contribution < -0.4 is 4.74 Å². The molecule has 0 aliphatic carbocycles. The number of aryl methyl sites for hydroxylation is 1. The van der Waals surface area contributed by atoms with Crippen molar-refractivity contribution in [1.29, 1.82) is 0 Å². The van der Waals surface area contributed by atoms with Crippen molar-refractivity contribution in [3.05, 3.63) is 41.5 Å². The number of nitrogens with zero attached hydrogens (tertiary/aromatic N) is 3. The van der Waals surface area contributed by atoms with E-state index in [-0.39, 0.29) is 0 Å². The highest BCUT2D eigenvalue weighted by molar-refractivity contribution is 5.34. The van der Waals surface area contributed by atoms with E-state index in [0.717, 1.165) is 31.7 Å². The lowest BCUT2D eigenvalue weighted by Gasteiger charge is -2.21. The van der Waals surface area contributed by atoms with Crippen LogP contribution in [0.5, 0.6) is 5.75 Å². The summed E-state index contributed by atoms with van der Waals surface area (Å²) < 4.78 is 11.0. The van der Waals surface area contributed by atoms with Gasteiger partial charge in [-0.2, -0.15) is 4.98 Å². The van der Waals surface area contributed by atoms with Crippen molar-refractivity contribution in [2.75, 3.05) is 20.2 Å². The molecule has 0 unspecified atom stereocenters. The minimum absolute atomic E-state index is 0.586. The van der Waals surface area contributed by atoms with E-state index in [0.29, 0.717) is 24.2 Å². The van der Waals surface area contributed by atoms with Crippen LogP contribution >= 0.6 is 0 Å². The Morgan fingerprint density at radius 2 is 2.19 bits per heavy atom. The number of fused-ring (bicyclic) bond motifs is 1. The molecule has 1 aliphatic rings. The number of rotatable bonds is 4. The van der Waals surface area contributed by atoms with E-state index in [1.807, 2.05) is 13.0 Å². The summed E-state index contributed by atoms with van der Waals surface area (Å²) in [5, 5.41) is 3.83. The standard InChI is InChI=1S/C16H21N3O2/c1-12-17-16(21-18-12)11-19(2)10-13-7-8-20-15-6-4-3-5-14(15)9-13/h3-6,13H,7-11H2,1-2H3/t13-/m0/s1. The largest absolute Gasteiger partial charge is 0.493 e. The lowest BCUT2D eigenvalue weighted by atomic mass is 9.96. The summed E-state index contributed by atoms with van der Waals surface area (Å²) in [4.78, 5) is 6.50. The molecular formula is C16H21N3O2. The Kier molecular flexibility index (Phi) is 4.20. The van der Waals surface area contributed by atoms with Gasteiger partial charge in [0.2, 0.25) is 5.89 Å². The molecule has 1 aliphatic heterocycles. The summed E-state index contributed by atoms with van der Waals surface area (Å²) in [5.41, 5.74) is 1.31. The monoisotopic (exact) mass is 287 g/mol. The first-order valence-electron chi connectivity index (χ1n) is 7.39. The van der Waals surface area contributed by atoms with Gasteiger partial charge in [-0.15, -0.1) is 0 Å². The van der Waals surface area contributed by atoms with Gasteiger partial charge in [0.25, 0.3) is 0 Å². The average Bonchev–Trinajstić information content (AvgIpc) is 2.74. The molecule has 1 aromatic carbocycles. The molecule has 112 valence electrons. The van der Waals surface area contributed by atoms with Gasteiger partial charge in [-0.05, 0) is 44.4 Å². The predicted octanol–water partition coefficient (Wildman–Crippen LogP) is 2.45. The molecule has 0 saturated heterocycles. The molecule has 21 heavy (non-hydrogen) atoms. The Hall–Kier alpha value is -1.88. The van der Waals surface area contributed by atoms with Crippen molar-refractivity contribution < 1.29 is 9.26 Å². The molecule has 2 heterocycles. The first kappa shape index (κ1) is 14.1. The van der Waals surface area contributed by atoms with Gasteiger partial charge in [-0.3, -0.25) is 4.90 Å². The first-order valence-corrected chi connectivity index (χ1v) is 7.39. The molecule has 3 rings (SSSR count). The fraction of sp³-hybridized carbons (Fsp3) is 0.500. The van der Waals surface area contributed by atoms with E-state index in [4.69, 9.17) is 9.26 Å². The van der Waals surface area contributed by atoms with E-state index in [1.54, 1.807) is 0 Å². The molecular weight excluding hydrogens is 266 g/mol. The van der Waals surface area contributed by atoms with Crippen molar-refractivity contribution in [1.82, 2.24) is 15.0 Å². The highest BCUT2D eigenvalue weighted by atomic mass is 16.5. The molecule has 0 fully saturated rings. The Bertz CT molecular complexity index is 597. The second-order valence-corrected chi connectivity index (χ2v) is 5.75. The fourth-order valence-corrected chi connectivity index (χ4v) is 2.86. The topological polar surface area (TPSA) is 51.4 Å². The van der Waals surface area contributed by atoms with Gasteiger partial charge in [0, 0.05) is 6.54 Å². The maximum atomic E-state index is 5.82. The smallest absolute Gasteiger partial charge is 0.240 e. The lowest BCUT2D eigenvalue weighted by Crippen LogP contribution is -2.27. The quantitative estimate of drug-likeness (QED) is 0.864. The first-order chi connectivity index (χ1) is 10.2. The van der Waals surface area contributed by atoms with Crippen LogP contribution in [0.1, 0.15) is 23.7 Å². The number of para-hydroxylation sites is 1. The SMILES string of the molecule is Cc1noc(CN(C)C[C@H]2CCOc3ccccc3C2)n1. The number of hydrogen-bond acceptors (Lipinski definition) is 5. The molecule has 1 aromatic heterocycles. The summed E-state index contributed by atoms with van der Waals surface area (Å²) >= 11 is 0. The number of ether oxygens (including phenoxy) is 1. The fourth-order valence-electron chi connectivity index (χ4n) is 2.86. The molecule has 0 saturated carbocycles. The third-order valence-electron chi connectivity index (χ3n) is 3.81. The zero-order chi connectivity index (χ0) is 14.7. The summed E-state index contributed by atoms with van der Waals surface area (Å²) in [7, 11) is 2.09. The highest BCUT2D eigenvalue weighted by Gasteiger charge is 2.19. The van der Waals surface area contributed by atoms with E-state index < -0.39 is 0 Å². The Morgan fingerprint density at radius 1 is 1.33 bits per heavy atom. The van der Waals surface area contributed by atoms with Crippen LogP contribution in [0.15, 0.2) is 28.8 Å². The third kappa shape index (κ3) is 3.61. The maximum Gasteiger partial charge on any atom is 0.240 e. The molecule has 0 amide bonds. The van der Waals surface area contributed by atoms with Gasteiger partial charge >= 0.3 is 0 Å². The summed E-state index contributed by atoms with van der Waals surface area (Å²) in [6.07, 6.45) is 2.13. The number of benzene rings is 1. The molecule has 5 nitrogen and oxygen atoms in total. The third-order valence-corrected chi connectivity index (χ3v) is 3.81. The van der Waals surface area contributed by atoms with Crippen LogP contribution in [-0.4, -0.2) is 35.2 Å². The van der Waals surface area contributed by atoms with Gasteiger partial charge in [0.1, 0.15) is 5.75 Å². The van der Waals surface area contributed by atoms with Crippen LogP contribution in [0.3, 0.4) is 0 Å². The predicted molar refractivity (Wildman–Crippen MR) is 79.1 cm³/mol. The van der Waals surface area contributed by atoms with Gasteiger partial charge in [-0.1, -0.05) is 23.4 Å². The number of aromatic nitrogens is 2. The molecule has 0 radical (unpaired) electrons. The molecule has 5 heteroatoms. The van der Waals surface area contributed by atoms with Gasteiger partial charge < -0.3 is 9.26 Å². The Morgan fingerprint density at radius 3 is 3.00 bits per heavy atom. The van der Waals surface area contributed by atoms with E-state index in [2.05, 4.69) is 40.3 Å². The molecule has 0 N–H and O–H groups in total. The highest BCUT2D eigenvalue weighted by Crippen LogP contribution is 2.27. The lowest BCUT2D eigenvalue weighted by molar-refractivity contribution is 0.214. The second-order valence-electron chi connectivity index (χ2n) is 5.75. The van der Waals surface area contributed by atoms with Gasteiger partial charge in [-0.25, -0.2) is 0 Å². The number of hydrogen-bond donors (Lipinski definition) is 0. The zero-order valence-corrected chi connectivity index (χ0v) is 12.6. The van der Waals surface area contributed by atoms with Crippen molar-refractivity contribution >= 4 is 0 Å². The van der Waals surface area contributed by atoms with E-state index in [1.165, 1.54) is 5.56 Å². The molecule has 0 bridgehead atoms. The zero-order valence-electron chi connectivity index (χ0n) is 12.6. The summed E-state index contributed by atoms with van der Waals surface area (Å²) in [6, 6.07) is 8.33. The van der Waals surface area contributed by atoms with Crippen LogP contribution in [0.25, 0.3) is 0 Å². The van der Waals surface area contributed by atoms with Crippen LogP contribution in [-0.2, 0) is 13.0 Å². The van der Waals surface area contributed by atoms with E-state index in [9.17, 15) is 0 Å². The Labute approximate surface area is 124 Å². The second kappa shape index (κ2) is 6.26. The summed E-state index contributed by atoms with van der Waals surface area (Å²) in [5.74, 6) is 2.99. The van der Waals surface area contributed by atoms with E-state index >= 15 is 0 Å². The molecule has 2 aromatic rings. The van der Waals surface area contributed by atoms with Crippen molar-refractivity contribution in [3.8, 4) is 5.75 Å². The maximum absolute atomic E-state index is 5.82. The Balaban J connectivity index is 1.60. The van der Waals surface area contributed by atoms with Crippen molar-refractivity contribution in [2.24, 2.45) is 5.92 Å².